The maximum atomic E-state index is 12.5. The van der Waals surface area contributed by atoms with E-state index in [9.17, 15) is 13.2 Å². The summed E-state index contributed by atoms with van der Waals surface area (Å²) in [7, 11) is -3.66. The predicted molar refractivity (Wildman–Crippen MR) is 99.1 cm³/mol. The number of aryl methyl sites for hydroxylation is 2. The molecule has 0 aliphatic heterocycles. The van der Waals surface area contributed by atoms with Gasteiger partial charge in [0.05, 0.1) is 4.90 Å². The Labute approximate surface area is 148 Å². The van der Waals surface area contributed by atoms with Gasteiger partial charge in [-0.15, -0.1) is 0 Å². The van der Waals surface area contributed by atoms with Crippen molar-refractivity contribution in [2.24, 2.45) is 11.8 Å². The van der Waals surface area contributed by atoms with Gasteiger partial charge in [0.25, 0.3) is 10.0 Å². The van der Waals surface area contributed by atoms with E-state index < -0.39 is 10.0 Å². The molecule has 2 N–H and O–H groups in total. The van der Waals surface area contributed by atoms with E-state index in [-0.39, 0.29) is 16.7 Å². The smallest absolute Gasteiger partial charge is 0.261 e. The molecular formula is C19H22N2O3S. The first kappa shape index (κ1) is 17.5. The lowest BCUT2D eigenvalue weighted by molar-refractivity contribution is -0.117. The number of hydrogen-bond donors (Lipinski definition) is 2. The summed E-state index contributed by atoms with van der Waals surface area (Å²) in [5, 5.41) is 2.82. The SMILES string of the molecule is Cc1ccc(NS(=O)(=O)c2ccc(NC(=O)[C@H]3C[C@H]3C)cc2)cc1C. The number of hydrogen-bond acceptors (Lipinski definition) is 3. The zero-order valence-corrected chi connectivity index (χ0v) is 15.4. The molecule has 1 fully saturated rings. The van der Waals surface area contributed by atoms with Crippen molar-refractivity contribution < 1.29 is 13.2 Å². The highest BCUT2D eigenvalue weighted by atomic mass is 32.2. The van der Waals surface area contributed by atoms with Gasteiger partial charge in [-0.1, -0.05) is 13.0 Å². The Morgan fingerprint density at radius 1 is 1.00 bits per heavy atom. The van der Waals surface area contributed by atoms with Crippen molar-refractivity contribution in [1.29, 1.82) is 0 Å². The largest absolute Gasteiger partial charge is 0.326 e. The minimum Gasteiger partial charge on any atom is -0.326 e. The van der Waals surface area contributed by atoms with Crippen LogP contribution in [0.3, 0.4) is 0 Å². The molecule has 1 amide bonds. The number of anilines is 2. The van der Waals surface area contributed by atoms with Gasteiger partial charge in [-0.2, -0.15) is 0 Å². The summed E-state index contributed by atoms with van der Waals surface area (Å²) in [6.45, 7) is 5.95. The summed E-state index contributed by atoms with van der Waals surface area (Å²) in [6, 6.07) is 11.6. The molecule has 0 bridgehead atoms. The molecule has 2 aromatic carbocycles. The number of carbonyl (C=O) groups excluding carboxylic acids is 1. The van der Waals surface area contributed by atoms with Crippen LogP contribution in [0.4, 0.5) is 11.4 Å². The van der Waals surface area contributed by atoms with Crippen LogP contribution in [0.2, 0.25) is 0 Å². The number of nitrogens with one attached hydrogen (secondary N) is 2. The standard InChI is InChI=1S/C19H22N2O3S/c1-12-4-5-16(10-13(12)2)21-25(23,24)17-8-6-15(7-9-17)20-19(22)18-11-14(18)3/h4-10,14,18,21H,11H2,1-3H3,(H,20,22)/t14-,18+/m1/s1. The van der Waals surface area contributed by atoms with Crippen molar-refractivity contribution in [3.8, 4) is 0 Å². The summed E-state index contributed by atoms with van der Waals surface area (Å²) in [5.41, 5.74) is 3.26. The van der Waals surface area contributed by atoms with E-state index in [1.807, 2.05) is 26.8 Å². The van der Waals surface area contributed by atoms with E-state index in [0.717, 1.165) is 17.5 Å². The second-order valence-corrected chi connectivity index (χ2v) is 8.42. The Morgan fingerprint density at radius 2 is 1.60 bits per heavy atom. The quantitative estimate of drug-likeness (QED) is 0.856. The second kappa shape index (κ2) is 6.52. The lowest BCUT2D eigenvalue weighted by atomic mass is 10.1. The summed E-state index contributed by atoms with van der Waals surface area (Å²) < 4.78 is 27.6. The molecule has 6 heteroatoms. The minimum atomic E-state index is -3.66. The van der Waals surface area contributed by atoms with Crippen molar-refractivity contribution in [2.45, 2.75) is 32.1 Å². The van der Waals surface area contributed by atoms with E-state index in [1.165, 1.54) is 12.1 Å². The van der Waals surface area contributed by atoms with Crippen molar-refractivity contribution in [1.82, 2.24) is 0 Å². The first-order valence-electron chi connectivity index (χ1n) is 8.27. The van der Waals surface area contributed by atoms with E-state index in [1.54, 1.807) is 24.3 Å². The topological polar surface area (TPSA) is 75.3 Å². The number of rotatable bonds is 5. The van der Waals surface area contributed by atoms with E-state index in [4.69, 9.17) is 0 Å². The lowest BCUT2D eigenvalue weighted by Crippen LogP contribution is -2.15. The Kier molecular flexibility index (Phi) is 4.56. The molecule has 0 radical (unpaired) electrons. The van der Waals surface area contributed by atoms with E-state index >= 15 is 0 Å². The highest BCUT2D eigenvalue weighted by Gasteiger charge is 2.39. The molecule has 1 aliphatic carbocycles. The van der Waals surface area contributed by atoms with E-state index in [2.05, 4.69) is 10.0 Å². The van der Waals surface area contributed by atoms with Gasteiger partial charge in [0.1, 0.15) is 0 Å². The molecule has 2 atom stereocenters. The Balaban J connectivity index is 1.71. The molecule has 3 rings (SSSR count). The van der Waals surface area contributed by atoms with Crippen LogP contribution in [0.15, 0.2) is 47.4 Å². The van der Waals surface area contributed by atoms with Gasteiger partial charge in [0.15, 0.2) is 0 Å². The van der Waals surface area contributed by atoms with Gasteiger partial charge in [-0.25, -0.2) is 8.42 Å². The van der Waals surface area contributed by atoms with Gasteiger partial charge in [0, 0.05) is 17.3 Å². The van der Waals surface area contributed by atoms with Crippen LogP contribution in [0.5, 0.6) is 0 Å². The molecule has 0 heterocycles. The van der Waals surface area contributed by atoms with Gasteiger partial charge >= 0.3 is 0 Å². The molecule has 0 spiro atoms. The fraction of sp³-hybridized carbons (Fsp3) is 0.316. The van der Waals surface area contributed by atoms with Crippen molar-refractivity contribution >= 4 is 27.3 Å². The molecule has 132 valence electrons. The van der Waals surface area contributed by atoms with E-state index in [0.29, 0.717) is 17.3 Å². The molecule has 1 aliphatic rings. The Hall–Kier alpha value is -2.34. The third kappa shape index (κ3) is 4.02. The van der Waals surface area contributed by atoms with Crippen molar-refractivity contribution in [2.75, 3.05) is 10.0 Å². The molecule has 5 nitrogen and oxygen atoms in total. The third-order valence-electron chi connectivity index (χ3n) is 4.64. The monoisotopic (exact) mass is 358 g/mol. The van der Waals surface area contributed by atoms with Gasteiger partial charge in [0.2, 0.25) is 5.91 Å². The molecule has 2 aromatic rings. The Morgan fingerprint density at radius 3 is 2.16 bits per heavy atom. The zero-order chi connectivity index (χ0) is 18.2. The molecule has 0 saturated heterocycles. The van der Waals surface area contributed by atoms with Crippen LogP contribution in [-0.4, -0.2) is 14.3 Å². The summed E-state index contributed by atoms with van der Waals surface area (Å²) >= 11 is 0. The fourth-order valence-corrected chi connectivity index (χ4v) is 3.71. The predicted octanol–water partition coefficient (Wildman–Crippen LogP) is 3.70. The molecular weight excluding hydrogens is 336 g/mol. The van der Waals surface area contributed by atoms with Crippen LogP contribution in [0, 0.1) is 25.7 Å². The average Bonchev–Trinajstić information content (AvgIpc) is 3.28. The molecule has 0 aromatic heterocycles. The van der Waals surface area contributed by atoms with Gasteiger partial charge in [-0.3, -0.25) is 9.52 Å². The number of amides is 1. The van der Waals surface area contributed by atoms with Crippen LogP contribution < -0.4 is 10.0 Å². The summed E-state index contributed by atoms with van der Waals surface area (Å²) in [6.07, 6.45) is 0.915. The summed E-state index contributed by atoms with van der Waals surface area (Å²) in [5.74, 6) is 0.507. The van der Waals surface area contributed by atoms with Crippen LogP contribution in [0.25, 0.3) is 0 Å². The molecule has 0 unspecified atom stereocenters. The van der Waals surface area contributed by atoms with Crippen LogP contribution in [-0.2, 0) is 14.8 Å². The van der Waals surface area contributed by atoms with Gasteiger partial charge < -0.3 is 5.32 Å². The van der Waals surface area contributed by atoms with Crippen LogP contribution >= 0.6 is 0 Å². The number of benzene rings is 2. The minimum absolute atomic E-state index is 0.00337. The number of carbonyl (C=O) groups is 1. The average molecular weight is 358 g/mol. The zero-order valence-electron chi connectivity index (χ0n) is 14.5. The maximum Gasteiger partial charge on any atom is 0.261 e. The first-order chi connectivity index (χ1) is 11.8. The molecule has 1 saturated carbocycles. The van der Waals surface area contributed by atoms with Crippen molar-refractivity contribution in [3.63, 3.8) is 0 Å². The lowest BCUT2D eigenvalue weighted by Gasteiger charge is -2.11. The molecule has 25 heavy (non-hydrogen) atoms. The second-order valence-electron chi connectivity index (χ2n) is 6.74. The normalized spacial score (nSPS) is 19.3. The van der Waals surface area contributed by atoms with Gasteiger partial charge in [-0.05, 0) is 73.7 Å². The first-order valence-corrected chi connectivity index (χ1v) is 9.75. The maximum absolute atomic E-state index is 12.5. The highest BCUT2D eigenvalue weighted by molar-refractivity contribution is 7.92. The number of sulfonamides is 1. The third-order valence-corrected chi connectivity index (χ3v) is 6.03. The fourth-order valence-electron chi connectivity index (χ4n) is 2.66. The Bertz CT molecular complexity index is 905. The van der Waals surface area contributed by atoms with Crippen LogP contribution in [0.1, 0.15) is 24.5 Å². The highest BCUT2D eigenvalue weighted by Crippen LogP contribution is 2.38. The summed E-state index contributed by atoms with van der Waals surface area (Å²) in [4.78, 5) is 12.1. The van der Waals surface area contributed by atoms with Crippen molar-refractivity contribution in [3.05, 3.63) is 53.6 Å².